The Morgan fingerprint density at radius 2 is 2.38 bits per heavy atom. The van der Waals surface area contributed by atoms with E-state index in [-0.39, 0.29) is 6.10 Å². The first-order valence-corrected chi connectivity index (χ1v) is 6.93. The molecule has 0 N–H and O–H groups in total. The lowest BCUT2D eigenvalue weighted by atomic mass is 10.2. The van der Waals surface area contributed by atoms with Crippen LogP contribution >= 0.6 is 0 Å². The van der Waals surface area contributed by atoms with Gasteiger partial charge in [-0.15, -0.1) is 10.2 Å². The van der Waals surface area contributed by atoms with E-state index in [9.17, 15) is 0 Å². The van der Waals surface area contributed by atoms with Crippen molar-refractivity contribution in [3.8, 4) is 5.88 Å². The lowest BCUT2D eigenvalue weighted by Gasteiger charge is -2.32. The molecular formula is C13H18N6O2. The molecule has 3 rings (SSSR count). The minimum absolute atomic E-state index is 0.129. The highest BCUT2D eigenvalue weighted by Crippen LogP contribution is 2.23. The third kappa shape index (κ3) is 2.80. The van der Waals surface area contributed by atoms with Crippen LogP contribution in [0.3, 0.4) is 0 Å². The number of methoxy groups -OCH3 is 1. The van der Waals surface area contributed by atoms with Gasteiger partial charge in [0.1, 0.15) is 12.4 Å². The van der Waals surface area contributed by atoms with E-state index < -0.39 is 0 Å². The molecule has 21 heavy (non-hydrogen) atoms. The molecule has 0 unspecified atom stereocenters. The number of aromatic nitrogens is 5. The molecule has 1 saturated heterocycles. The van der Waals surface area contributed by atoms with Gasteiger partial charge in [-0.25, -0.2) is 4.98 Å². The maximum absolute atomic E-state index is 5.82. The van der Waals surface area contributed by atoms with Crippen LogP contribution in [0, 0.1) is 0 Å². The SMILES string of the molecule is CCn1cnnc1[C@H]1CN(c2nccc(OC)n2)CCO1. The normalized spacial score (nSPS) is 18.8. The summed E-state index contributed by atoms with van der Waals surface area (Å²) < 4.78 is 13.0. The van der Waals surface area contributed by atoms with E-state index in [0.717, 1.165) is 18.9 Å². The molecule has 8 nitrogen and oxygen atoms in total. The van der Waals surface area contributed by atoms with Crippen molar-refractivity contribution in [3.05, 3.63) is 24.4 Å². The van der Waals surface area contributed by atoms with Crippen molar-refractivity contribution in [2.45, 2.75) is 19.6 Å². The highest BCUT2D eigenvalue weighted by Gasteiger charge is 2.27. The van der Waals surface area contributed by atoms with Crippen molar-refractivity contribution in [1.29, 1.82) is 0 Å². The van der Waals surface area contributed by atoms with Gasteiger partial charge in [-0.05, 0) is 6.92 Å². The van der Waals surface area contributed by atoms with E-state index in [4.69, 9.17) is 9.47 Å². The molecule has 1 atom stereocenters. The number of morpholine rings is 1. The summed E-state index contributed by atoms with van der Waals surface area (Å²) in [7, 11) is 1.60. The predicted octanol–water partition coefficient (Wildman–Crippen LogP) is 0.674. The van der Waals surface area contributed by atoms with Crippen LogP contribution in [0.2, 0.25) is 0 Å². The van der Waals surface area contributed by atoms with E-state index in [1.54, 1.807) is 25.7 Å². The molecule has 0 bridgehead atoms. The number of nitrogens with zero attached hydrogens (tertiary/aromatic N) is 6. The second kappa shape index (κ2) is 6.04. The fourth-order valence-corrected chi connectivity index (χ4v) is 2.34. The zero-order valence-electron chi connectivity index (χ0n) is 12.1. The predicted molar refractivity (Wildman–Crippen MR) is 75.2 cm³/mol. The van der Waals surface area contributed by atoms with E-state index in [1.807, 2.05) is 4.57 Å². The average molecular weight is 290 g/mol. The van der Waals surface area contributed by atoms with Crippen LogP contribution in [0.4, 0.5) is 5.95 Å². The van der Waals surface area contributed by atoms with Crippen LogP contribution in [0.15, 0.2) is 18.6 Å². The van der Waals surface area contributed by atoms with Crippen molar-refractivity contribution in [2.75, 3.05) is 31.7 Å². The van der Waals surface area contributed by atoms with Gasteiger partial charge in [0.15, 0.2) is 5.82 Å². The summed E-state index contributed by atoms with van der Waals surface area (Å²) in [5, 5.41) is 8.12. The van der Waals surface area contributed by atoms with Crippen molar-refractivity contribution < 1.29 is 9.47 Å². The molecule has 2 aromatic heterocycles. The molecule has 0 radical (unpaired) electrons. The number of rotatable bonds is 4. The molecule has 0 saturated carbocycles. The average Bonchev–Trinajstić information content (AvgIpc) is 3.03. The molecule has 112 valence electrons. The van der Waals surface area contributed by atoms with E-state index >= 15 is 0 Å². The highest BCUT2D eigenvalue weighted by atomic mass is 16.5. The molecule has 0 spiro atoms. The van der Waals surface area contributed by atoms with Crippen molar-refractivity contribution in [3.63, 3.8) is 0 Å². The number of hydrogen-bond acceptors (Lipinski definition) is 7. The number of aryl methyl sites for hydroxylation is 1. The van der Waals surface area contributed by atoms with Crippen LogP contribution < -0.4 is 9.64 Å². The summed E-state index contributed by atoms with van der Waals surface area (Å²) in [6.45, 7) is 4.86. The number of ether oxygens (including phenoxy) is 2. The summed E-state index contributed by atoms with van der Waals surface area (Å²) in [6, 6.07) is 1.73. The molecular weight excluding hydrogens is 272 g/mol. The molecule has 1 fully saturated rings. The standard InChI is InChI=1S/C13H18N6O2/c1-3-18-9-15-17-12(18)10-8-19(6-7-21-10)13-14-5-4-11(16-13)20-2/h4-5,9-10H,3,6-8H2,1-2H3/t10-/m1/s1. The van der Waals surface area contributed by atoms with Crippen LogP contribution in [-0.2, 0) is 11.3 Å². The summed E-state index contributed by atoms with van der Waals surface area (Å²) >= 11 is 0. The van der Waals surface area contributed by atoms with Crippen LogP contribution in [0.1, 0.15) is 18.9 Å². The van der Waals surface area contributed by atoms with E-state index in [2.05, 4.69) is 32.0 Å². The monoisotopic (exact) mass is 290 g/mol. The van der Waals surface area contributed by atoms with E-state index in [1.165, 1.54) is 0 Å². The topological polar surface area (TPSA) is 78.2 Å². The Morgan fingerprint density at radius 1 is 1.48 bits per heavy atom. The summed E-state index contributed by atoms with van der Waals surface area (Å²) in [6.07, 6.45) is 3.29. The van der Waals surface area contributed by atoms with Crippen molar-refractivity contribution in [1.82, 2.24) is 24.7 Å². The maximum Gasteiger partial charge on any atom is 0.228 e. The molecule has 0 amide bonds. The largest absolute Gasteiger partial charge is 0.481 e. The molecule has 2 aromatic rings. The van der Waals surface area contributed by atoms with Gasteiger partial charge in [0.25, 0.3) is 0 Å². The van der Waals surface area contributed by atoms with Gasteiger partial charge in [0, 0.05) is 25.4 Å². The third-order valence-corrected chi connectivity index (χ3v) is 3.45. The Bertz CT molecular complexity index is 602. The van der Waals surface area contributed by atoms with Crippen molar-refractivity contribution >= 4 is 5.95 Å². The van der Waals surface area contributed by atoms with Gasteiger partial charge < -0.3 is 18.9 Å². The Labute approximate surface area is 122 Å². The fourth-order valence-electron chi connectivity index (χ4n) is 2.34. The zero-order valence-corrected chi connectivity index (χ0v) is 12.1. The minimum atomic E-state index is -0.129. The second-order valence-corrected chi connectivity index (χ2v) is 4.68. The smallest absolute Gasteiger partial charge is 0.228 e. The number of hydrogen-bond donors (Lipinski definition) is 0. The number of anilines is 1. The molecule has 0 aliphatic carbocycles. The molecule has 8 heteroatoms. The summed E-state index contributed by atoms with van der Waals surface area (Å²) in [4.78, 5) is 10.7. The van der Waals surface area contributed by atoms with Crippen LogP contribution in [0.25, 0.3) is 0 Å². The summed E-state index contributed by atoms with van der Waals surface area (Å²) in [5.41, 5.74) is 0. The lowest BCUT2D eigenvalue weighted by molar-refractivity contribution is 0.0310. The molecule has 1 aliphatic rings. The Morgan fingerprint density at radius 3 is 3.19 bits per heavy atom. The molecule has 1 aliphatic heterocycles. The van der Waals surface area contributed by atoms with E-state index in [0.29, 0.717) is 25.0 Å². The lowest BCUT2D eigenvalue weighted by Crippen LogP contribution is -2.40. The van der Waals surface area contributed by atoms with Gasteiger partial charge in [0.05, 0.1) is 20.3 Å². The van der Waals surface area contributed by atoms with Crippen molar-refractivity contribution in [2.24, 2.45) is 0 Å². The first-order valence-electron chi connectivity index (χ1n) is 6.93. The van der Waals surface area contributed by atoms with Crippen LogP contribution in [-0.4, -0.2) is 51.5 Å². The van der Waals surface area contributed by atoms with Gasteiger partial charge in [-0.1, -0.05) is 0 Å². The minimum Gasteiger partial charge on any atom is -0.481 e. The fraction of sp³-hybridized carbons (Fsp3) is 0.538. The first kappa shape index (κ1) is 13.7. The third-order valence-electron chi connectivity index (χ3n) is 3.45. The highest BCUT2D eigenvalue weighted by molar-refractivity contribution is 5.33. The first-order chi connectivity index (χ1) is 10.3. The maximum atomic E-state index is 5.82. The zero-order chi connectivity index (χ0) is 14.7. The second-order valence-electron chi connectivity index (χ2n) is 4.68. The Balaban J connectivity index is 1.79. The van der Waals surface area contributed by atoms with Gasteiger partial charge in [-0.2, -0.15) is 4.98 Å². The quantitative estimate of drug-likeness (QED) is 0.819. The van der Waals surface area contributed by atoms with Gasteiger partial charge in [-0.3, -0.25) is 0 Å². The molecule has 3 heterocycles. The summed E-state index contributed by atoms with van der Waals surface area (Å²) in [5.74, 6) is 2.04. The van der Waals surface area contributed by atoms with Gasteiger partial charge >= 0.3 is 0 Å². The van der Waals surface area contributed by atoms with Gasteiger partial charge in [0.2, 0.25) is 11.8 Å². The molecule has 0 aromatic carbocycles. The Hall–Kier alpha value is -2.22. The van der Waals surface area contributed by atoms with Crippen LogP contribution in [0.5, 0.6) is 5.88 Å². The Kier molecular flexibility index (Phi) is 3.96.